The Morgan fingerprint density at radius 3 is 2.38 bits per heavy atom. The smallest absolute Gasteiger partial charge is 0.248 e. The van der Waals surface area contributed by atoms with E-state index in [0.717, 1.165) is 28.2 Å². The number of aliphatic imine (C=N–C) groups is 1. The van der Waals surface area contributed by atoms with Crippen molar-refractivity contribution in [3.8, 4) is 5.69 Å². The van der Waals surface area contributed by atoms with Gasteiger partial charge in [-0.25, -0.2) is 4.68 Å². The highest BCUT2D eigenvalue weighted by Gasteiger charge is 2.09. The molecule has 0 spiro atoms. The first-order valence-corrected chi connectivity index (χ1v) is 9.42. The van der Waals surface area contributed by atoms with Crippen molar-refractivity contribution in [1.82, 2.24) is 20.4 Å². The Morgan fingerprint density at radius 2 is 1.76 bits per heavy atom. The predicted octanol–water partition coefficient (Wildman–Crippen LogP) is 2.45. The summed E-state index contributed by atoms with van der Waals surface area (Å²) in [6.45, 7) is 5.23. The number of hydrogen-bond acceptors (Lipinski definition) is 3. The number of rotatable bonds is 6. The Bertz CT molecular complexity index is 1020. The maximum Gasteiger partial charge on any atom is 0.248 e. The number of guanidine groups is 1. The molecule has 0 atom stereocenters. The molecular formula is C22H26N6O. The molecule has 0 aliphatic carbocycles. The van der Waals surface area contributed by atoms with Crippen LogP contribution in [0.2, 0.25) is 0 Å². The van der Waals surface area contributed by atoms with Gasteiger partial charge in [-0.3, -0.25) is 9.79 Å². The minimum Gasteiger partial charge on any atom is -0.366 e. The van der Waals surface area contributed by atoms with Crippen LogP contribution in [0.5, 0.6) is 0 Å². The third kappa shape index (κ3) is 5.01. The quantitative estimate of drug-likeness (QED) is 0.445. The van der Waals surface area contributed by atoms with E-state index in [-0.39, 0.29) is 0 Å². The number of para-hydroxylation sites is 1. The number of nitrogens with one attached hydrogen (secondary N) is 2. The van der Waals surface area contributed by atoms with E-state index in [1.807, 2.05) is 42.8 Å². The second kappa shape index (κ2) is 9.05. The Hall–Kier alpha value is -3.61. The third-order valence-electron chi connectivity index (χ3n) is 4.60. The van der Waals surface area contributed by atoms with E-state index in [2.05, 4.69) is 38.9 Å². The number of amides is 1. The van der Waals surface area contributed by atoms with Gasteiger partial charge in [-0.2, -0.15) is 5.10 Å². The van der Waals surface area contributed by atoms with E-state index < -0.39 is 5.91 Å². The Balaban J connectivity index is 1.64. The predicted molar refractivity (Wildman–Crippen MR) is 115 cm³/mol. The molecule has 150 valence electrons. The second-order valence-corrected chi connectivity index (χ2v) is 6.81. The molecule has 7 heteroatoms. The molecule has 0 saturated heterocycles. The molecule has 3 aromatic rings. The summed E-state index contributed by atoms with van der Waals surface area (Å²) in [5.41, 5.74) is 11.1. The van der Waals surface area contributed by atoms with Crippen molar-refractivity contribution < 1.29 is 4.79 Å². The number of aromatic nitrogens is 2. The van der Waals surface area contributed by atoms with Crippen LogP contribution in [0.4, 0.5) is 0 Å². The first kappa shape index (κ1) is 20.1. The lowest BCUT2D eigenvalue weighted by molar-refractivity contribution is 0.100. The molecule has 4 N–H and O–H groups in total. The standard InChI is InChI=1S/C22H26N6O/c1-15-12-16(2)28(27-15)20-7-5-4-6-19(20)14-26-22(24-3)25-13-17-8-10-18(11-9-17)21(23)29/h4-12H,13-14H2,1-3H3,(H2,23,29)(H2,24,25,26). The summed E-state index contributed by atoms with van der Waals surface area (Å²) in [4.78, 5) is 15.5. The summed E-state index contributed by atoms with van der Waals surface area (Å²) >= 11 is 0. The highest BCUT2D eigenvalue weighted by atomic mass is 16.1. The maximum atomic E-state index is 11.2. The molecular weight excluding hydrogens is 364 g/mol. The van der Waals surface area contributed by atoms with Crippen LogP contribution < -0.4 is 16.4 Å². The second-order valence-electron chi connectivity index (χ2n) is 6.81. The Labute approximate surface area is 170 Å². The van der Waals surface area contributed by atoms with E-state index in [0.29, 0.717) is 24.6 Å². The number of carbonyl (C=O) groups is 1. The van der Waals surface area contributed by atoms with Gasteiger partial charge in [0.05, 0.1) is 11.4 Å². The van der Waals surface area contributed by atoms with Crippen LogP contribution in [0, 0.1) is 13.8 Å². The third-order valence-corrected chi connectivity index (χ3v) is 4.60. The van der Waals surface area contributed by atoms with Crippen molar-refractivity contribution in [2.24, 2.45) is 10.7 Å². The minimum atomic E-state index is -0.428. The van der Waals surface area contributed by atoms with E-state index in [9.17, 15) is 4.79 Å². The first-order chi connectivity index (χ1) is 14.0. The summed E-state index contributed by atoms with van der Waals surface area (Å²) in [6.07, 6.45) is 0. The number of nitrogens with two attached hydrogens (primary N) is 1. The monoisotopic (exact) mass is 390 g/mol. The van der Waals surface area contributed by atoms with Gasteiger partial charge in [0.1, 0.15) is 0 Å². The highest BCUT2D eigenvalue weighted by Crippen LogP contribution is 2.16. The van der Waals surface area contributed by atoms with Gasteiger partial charge in [-0.05, 0) is 49.2 Å². The average molecular weight is 390 g/mol. The van der Waals surface area contributed by atoms with Gasteiger partial charge in [0.2, 0.25) is 5.91 Å². The fourth-order valence-corrected chi connectivity index (χ4v) is 3.11. The van der Waals surface area contributed by atoms with Crippen molar-refractivity contribution in [1.29, 1.82) is 0 Å². The van der Waals surface area contributed by atoms with E-state index >= 15 is 0 Å². The summed E-state index contributed by atoms with van der Waals surface area (Å²) in [5.74, 6) is 0.260. The zero-order valence-corrected chi connectivity index (χ0v) is 16.9. The van der Waals surface area contributed by atoms with Gasteiger partial charge in [0.15, 0.2) is 5.96 Å². The molecule has 7 nitrogen and oxygen atoms in total. The molecule has 1 aromatic heterocycles. The summed E-state index contributed by atoms with van der Waals surface area (Å²) < 4.78 is 1.96. The largest absolute Gasteiger partial charge is 0.366 e. The number of carbonyl (C=O) groups excluding carboxylic acids is 1. The lowest BCUT2D eigenvalue weighted by atomic mass is 10.1. The molecule has 0 fully saturated rings. The van der Waals surface area contributed by atoms with Crippen LogP contribution in [-0.2, 0) is 13.1 Å². The van der Waals surface area contributed by atoms with E-state index in [4.69, 9.17) is 5.73 Å². The molecule has 0 aliphatic rings. The molecule has 0 aliphatic heterocycles. The van der Waals surface area contributed by atoms with Crippen molar-refractivity contribution in [3.63, 3.8) is 0 Å². The van der Waals surface area contributed by atoms with Crippen LogP contribution in [-0.4, -0.2) is 28.7 Å². The molecule has 0 unspecified atom stereocenters. The van der Waals surface area contributed by atoms with Crippen LogP contribution in [0.1, 0.15) is 32.9 Å². The Morgan fingerprint density at radius 1 is 1.07 bits per heavy atom. The lowest BCUT2D eigenvalue weighted by Gasteiger charge is -2.15. The molecule has 1 amide bonds. The summed E-state index contributed by atoms with van der Waals surface area (Å²) in [7, 11) is 1.73. The van der Waals surface area contributed by atoms with Crippen LogP contribution in [0.15, 0.2) is 59.6 Å². The Kier molecular flexibility index (Phi) is 6.29. The van der Waals surface area contributed by atoms with Gasteiger partial charge in [0.25, 0.3) is 0 Å². The summed E-state index contributed by atoms with van der Waals surface area (Å²) in [5, 5.41) is 11.2. The van der Waals surface area contributed by atoms with Crippen molar-refractivity contribution in [2.45, 2.75) is 26.9 Å². The molecule has 2 aromatic carbocycles. The van der Waals surface area contributed by atoms with Crippen LogP contribution >= 0.6 is 0 Å². The molecule has 0 bridgehead atoms. The van der Waals surface area contributed by atoms with Gasteiger partial charge < -0.3 is 16.4 Å². The van der Waals surface area contributed by atoms with E-state index in [1.54, 1.807) is 19.2 Å². The number of primary amides is 1. The maximum absolute atomic E-state index is 11.2. The molecule has 29 heavy (non-hydrogen) atoms. The number of nitrogens with zero attached hydrogens (tertiary/aromatic N) is 3. The first-order valence-electron chi connectivity index (χ1n) is 9.42. The van der Waals surface area contributed by atoms with Crippen LogP contribution in [0.3, 0.4) is 0 Å². The topological polar surface area (TPSA) is 97.3 Å². The number of benzene rings is 2. The molecule has 0 saturated carbocycles. The van der Waals surface area contributed by atoms with Crippen molar-refractivity contribution in [3.05, 3.63) is 82.7 Å². The average Bonchev–Trinajstić information content (AvgIpc) is 3.06. The van der Waals surface area contributed by atoms with E-state index in [1.165, 1.54) is 0 Å². The SMILES string of the molecule is CN=C(NCc1ccc(C(N)=O)cc1)NCc1ccccc1-n1nc(C)cc1C. The zero-order valence-electron chi connectivity index (χ0n) is 16.9. The van der Waals surface area contributed by atoms with Gasteiger partial charge in [0, 0.05) is 31.4 Å². The number of aryl methyl sites for hydroxylation is 2. The fraction of sp³-hybridized carbons (Fsp3) is 0.227. The van der Waals surface area contributed by atoms with Crippen molar-refractivity contribution in [2.75, 3.05) is 7.05 Å². The fourth-order valence-electron chi connectivity index (χ4n) is 3.11. The molecule has 1 heterocycles. The number of hydrogen-bond donors (Lipinski definition) is 3. The minimum absolute atomic E-state index is 0.428. The lowest BCUT2D eigenvalue weighted by Crippen LogP contribution is -2.36. The van der Waals surface area contributed by atoms with Gasteiger partial charge >= 0.3 is 0 Å². The van der Waals surface area contributed by atoms with Crippen molar-refractivity contribution >= 4 is 11.9 Å². The normalized spacial score (nSPS) is 11.3. The zero-order chi connectivity index (χ0) is 20.8. The molecule has 3 rings (SSSR count). The summed E-state index contributed by atoms with van der Waals surface area (Å²) in [6, 6.07) is 17.4. The van der Waals surface area contributed by atoms with Crippen LogP contribution in [0.25, 0.3) is 5.69 Å². The van der Waals surface area contributed by atoms with Gasteiger partial charge in [-0.15, -0.1) is 0 Å². The van der Waals surface area contributed by atoms with Gasteiger partial charge in [-0.1, -0.05) is 30.3 Å². The highest BCUT2D eigenvalue weighted by molar-refractivity contribution is 5.92. The molecule has 0 radical (unpaired) electrons.